The number of methoxy groups -OCH3 is 1. The van der Waals surface area contributed by atoms with Crippen molar-refractivity contribution in [1.29, 1.82) is 0 Å². The van der Waals surface area contributed by atoms with Crippen LogP contribution in [0, 0.1) is 0 Å². The van der Waals surface area contributed by atoms with Crippen molar-refractivity contribution in [3.63, 3.8) is 0 Å². The molecule has 0 atom stereocenters. The number of carbonyl (C=O) groups excluding carboxylic acids is 1. The van der Waals surface area contributed by atoms with Gasteiger partial charge in [0.15, 0.2) is 0 Å². The molecule has 0 saturated heterocycles. The van der Waals surface area contributed by atoms with Crippen molar-refractivity contribution < 1.29 is 19.4 Å². The van der Waals surface area contributed by atoms with Gasteiger partial charge in [0.05, 0.1) is 19.1 Å². The zero-order chi connectivity index (χ0) is 12.8. The average molecular weight is 256 g/mol. The van der Waals surface area contributed by atoms with E-state index < -0.39 is 5.97 Å². The summed E-state index contributed by atoms with van der Waals surface area (Å²) in [4.78, 5) is 25.3. The lowest BCUT2D eigenvalue weighted by molar-refractivity contribution is -0.139. The molecule has 17 heavy (non-hydrogen) atoms. The number of carboxylic acids is 1. The predicted molar refractivity (Wildman–Crippen MR) is 61.9 cm³/mol. The van der Waals surface area contributed by atoms with Crippen LogP contribution in [0.3, 0.4) is 0 Å². The van der Waals surface area contributed by atoms with Gasteiger partial charge in [0.25, 0.3) is 0 Å². The van der Waals surface area contributed by atoms with E-state index in [0.717, 1.165) is 0 Å². The third-order valence-corrected chi connectivity index (χ3v) is 2.21. The fourth-order valence-corrected chi connectivity index (χ4v) is 1.26. The number of aromatic carboxylic acids is 1. The van der Waals surface area contributed by atoms with Gasteiger partial charge < -0.3 is 9.84 Å². The highest BCUT2D eigenvalue weighted by Crippen LogP contribution is 2.15. The highest BCUT2D eigenvalue weighted by Gasteiger charge is 2.09. The molecule has 1 aromatic heterocycles. The van der Waals surface area contributed by atoms with E-state index in [0.29, 0.717) is 5.56 Å². The lowest BCUT2D eigenvalue weighted by Gasteiger charge is -1.99. The Bertz CT molecular complexity index is 471. The van der Waals surface area contributed by atoms with Gasteiger partial charge in [-0.15, -0.1) is 0 Å². The molecule has 0 aliphatic rings. The molecule has 0 unspecified atom stereocenters. The van der Waals surface area contributed by atoms with Crippen molar-refractivity contribution in [3.8, 4) is 0 Å². The van der Waals surface area contributed by atoms with Crippen LogP contribution in [0.4, 0.5) is 0 Å². The third-order valence-electron chi connectivity index (χ3n) is 1.91. The first-order chi connectivity index (χ1) is 8.04. The van der Waals surface area contributed by atoms with Gasteiger partial charge in [0.2, 0.25) is 0 Å². The molecular weight excluding hydrogens is 246 g/mol. The predicted octanol–water partition coefficient (Wildman–Crippen LogP) is 2.01. The maximum atomic E-state index is 10.8. The Morgan fingerprint density at radius 1 is 1.59 bits per heavy atom. The second-order valence-electron chi connectivity index (χ2n) is 3.09. The average Bonchev–Trinajstić information content (AvgIpc) is 2.30. The molecule has 6 heteroatoms. The Morgan fingerprint density at radius 3 is 2.88 bits per heavy atom. The number of pyridine rings is 1. The molecule has 90 valence electrons. The van der Waals surface area contributed by atoms with Crippen molar-refractivity contribution in [3.05, 3.63) is 34.6 Å². The quantitative estimate of drug-likeness (QED) is 0.658. The fourth-order valence-electron chi connectivity index (χ4n) is 1.08. The molecule has 0 aliphatic carbocycles. The first kappa shape index (κ1) is 13.2. The lowest BCUT2D eigenvalue weighted by atomic mass is 10.2. The van der Waals surface area contributed by atoms with Gasteiger partial charge in [-0.2, -0.15) is 0 Å². The molecule has 0 amide bonds. The highest BCUT2D eigenvalue weighted by atomic mass is 35.5. The Hall–Kier alpha value is -1.88. The maximum Gasteiger partial charge on any atom is 0.338 e. The van der Waals surface area contributed by atoms with Gasteiger partial charge in [-0.25, -0.2) is 9.78 Å². The highest BCUT2D eigenvalue weighted by molar-refractivity contribution is 6.32. The summed E-state index contributed by atoms with van der Waals surface area (Å²) in [5.41, 5.74) is 0.475. The van der Waals surface area contributed by atoms with Gasteiger partial charge in [0.1, 0.15) is 5.15 Å². The van der Waals surface area contributed by atoms with Crippen molar-refractivity contribution in [2.45, 2.75) is 6.42 Å². The molecular formula is C11H10ClNO4. The molecule has 0 aromatic carbocycles. The second kappa shape index (κ2) is 6.00. The monoisotopic (exact) mass is 255 g/mol. The number of esters is 1. The van der Waals surface area contributed by atoms with E-state index in [2.05, 4.69) is 9.72 Å². The first-order valence-electron chi connectivity index (χ1n) is 4.66. The number of hydrogen-bond acceptors (Lipinski definition) is 4. The van der Waals surface area contributed by atoms with Crippen LogP contribution >= 0.6 is 11.6 Å². The lowest BCUT2D eigenvalue weighted by Crippen LogP contribution is -1.99. The molecule has 0 bridgehead atoms. The number of rotatable bonds is 4. The van der Waals surface area contributed by atoms with Gasteiger partial charge >= 0.3 is 11.9 Å². The molecule has 1 aromatic rings. The minimum absolute atomic E-state index is 0.0670. The van der Waals surface area contributed by atoms with E-state index in [1.807, 2.05) is 0 Å². The van der Waals surface area contributed by atoms with E-state index in [1.54, 1.807) is 12.2 Å². The van der Waals surface area contributed by atoms with Crippen LogP contribution in [0.1, 0.15) is 22.3 Å². The van der Waals surface area contributed by atoms with Crippen LogP contribution in [0.15, 0.2) is 18.3 Å². The van der Waals surface area contributed by atoms with Crippen LogP contribution in [0.2, 0.25) is 5.15 Å². The molecule has 0 aliphatic heterocycles. The minimum Gasteiger partial charge on any atom is -0.478 e. The molecule has 1 rings (SSSR count). The normalized spacial score (nSPS) is 10.5. The van der Waals surface area contributed by atoms with E-state index in [4.69, 9.17) is 16.7 Å². The van der Waals surface area contributed by atoms with Crippen molar-refractivity contribution in [2.75, 3.05) is 7.11 Å². The number of carboxylic acid groups (broad SMARTS) is 1. The zero-order valence-corrected chi connectivity index (χ0v) is 9.77. The number of ether oxygens (including phenoxy) is 1. The van der Waals surface area contributed by atoms with E-state index in [1.165, 1.54) is 19.4 Å². The Kier molecular flexibility index (Phi) is 4.66. The second-order valence-corrected chi connectivity index (χ2v) is 3.45. The minimum atomic E-state index is -1.15. The van der Waals surface area contributed by atoms with Crippen LogP contribution in [-0.4, -0.2) is 29.1 Å². The van der Waals surface area contributed by atoms with Gasteiger partial charge in [-0.3, -0.25) is 4.79 Å². The van der Waals surface area contributed by atoms with Crippen LogP contribution in [-0.2, 0) is 9.53 Å². The van der Waals surface area contributed by atoms with Crippen LogP contribution < -0.4 is 0 Å². The Balaban J connectivity index is 2.82. The SMILES string of the molecule is COC(=O)CC=Cc1cnc(Cl)c(C(=O)O)c1. The molecule has 5 nitrogen and oxygen atoms in total. The summed E-state index contributed by atoms with van der Waals surface area (Å²) in [5, 5.41) is 8.75. The number of aromatic nitrogens is 1. The molecule has 0 radical (unpaired) electrons. The standard InChI is InChI=1S/C11H10ClNO4/c1-17-9(14)4-2-3-7-5-8(11(15)16)10(12)13-6-7/h2-3,5-6H,4H2,1H3,(H,15,16). The van der Waals surface area contributed by atoms with Crippen molar-refractivity contribution >= 4 is 29.6 Å². The summed E-state index contributed by atoms with van der Waals surface area (Å²) in [6.07, 6.45) is 4.67. The van der Waals surface area contributed by atoms with Gasteiger partial charge in [-0.05, 0) is 11.6 Å². The van der Waals surface area contributed by atoms with Crippen LogP contribution in [0.25, 0.3) is 6.08 Å². The van der Waals surface area contributed by atoms with E-state index in [-0.39, 0.29) is 23.1 Å². The summed E-state index contributed by atoms with van der Waals surface area (Å²) in [6.45, 7) is 0. The van der Waals surface area contributed by atoms with Crippen molar-refractivity contribution in [2.24, 2.45) is 0 Å². The summed E-state index contributed by atoms with van der Waals surface area (Å²) in [5.74, 6) is -1.52. The van der Waals surface area contributed by atoms with E-state index in [9.17, 15) is 9.59 Å². The van der Waals surface area contributed by atoms with Gasteiger partial charge in [0, 0.05) is 6.20 Å². The Morgan fingerprint density at radius 2 is 2.29 bits per heavy atom. The van der Waals surface area contributed by atoms with Crippen molar-refractivity contribution in [1.82, 2.24) is 4.98 Å². The summed E-state index contributed by atoms with van der Waals surface area (Å²) < 4.78 is 4.45. The molecule has 0 spiro atoms. The number of halogens is 1. The summed E-state index contributed by atoms with van der Waals surface area (Å²) in [6, 6.07) is 1.38. The third kappa shape index (κ3) is 3.88. The van der Waals surface area contributed by atoms with E-state index >= 15 is 0 Å². The Labute approximate surface area is 103 Å². The summed E-state index contributed by atoms with van der Waals surface area (Å²) >= 11 is 5.61. The molecule has 0 saturated carbocycles. The maximum absolute atomic E-state index is 10.8. The number of hydrogen-bond donors (Lipinski definition) is 1. The number of carbonyl (C=O) groups is 2. The number of nitrogens with zero attached hydrogens (tertiary/aromatic N) is 1. The molecule has 1 N–H and O–H groups in total. The fraction of sp³-hybridized carbons (Fsp3) is 0.182. The summed E-state index contributed by atoms with van der Waals surface area (Å²) in [7, 11) is 1.29. The molecule has 1 heterocycles. The topological polar surface area (TPSA) is 76.5 Å². The zero-order valence-electron chi connectivity index (χ0n) is 9.01. The van der Waals surface area contributed by atoms with Crippen LogP contribution in [0.5, 0.6) is 0 Å². The first-order valence-corrected chi connectivity index (χ1v) is 5.04. The van der Waals surface area contributed by atoms with Gasteiger partial charge in [-0.1, -0.05) is 23.8 Å². The molecule has 0 fully saturated rings. The largest absolute Gasteiger partial charge is 0.478 e. The smallest absolute Gasteiger partial charge is 0.338 e.